The fourth-order valence-electron chi connectivity index (χ4n) is 3.98. The fraction of sp³-hybridized carbons (Fsp3) is 0.320. The smallest absolute Gasteiger partial charge is 0.199 e. The van der Waals surface area contributed by atoms with Gasteiger partial charge in [-0.15, -0.1) is 0 Å². The Morgan fingerprint density at radius 1 is 1.03 bits per heavy atom. The Morgan fingerprint density at radius 3 is 2.59 bits per heavy atom. The SMILES string of the molecule is C[C@](O)(c1cccc(O[C@@H]2CCCCO2)c1)[C@H](c1ccccc1)c1ccccn1. The predicted octanol–water partition coefficient (Wildman–Crippen LogP) is 5.03. The molecule has 2 heterocycles. The highest BCUT2D eigenvalue weighted by Crippen LogP contribution is 2.41. The third-order valence-corrected chi connectivity index (χ3v) is 5.50. The maximum Gasteiger partial charge on any atom is 0.199 e. The van der Waals surface area contributed by atoms with E-state index in [0.717, 1.165) is 42.7 Å². The fourth-order valence-corrected chi connectivity index (χ4v) is 3.98. The number of hydrogen-bond donors (Lipinski definition) is 1. The summed E-state index contributed by atoms with van der Waals surface area (Å²) in [6.45, 7) is 2.58. The van der Waals surface area contributed by atoms with Gasteiger partial charge in [-0.25, -0.2) is 0 Å². The lowest BCUT2D eigenvalue weighted by Crippen LogP contribution is -2.32. The van der Waals surface area contributed by atoms with Gasteiger partial charge in [0.25, 0.3) is 0 Å². The van der Waals surface area contributed by atoms with Crippen LogP contribution in [0.15, 0.2) is 79.0 Å². The van der Waals surface area contributed by atoms with Gasteiger partial charge in [0, 0.05) is 12.6 Å². The Bertz CT molecular complexity index is 866. The van der Waals surface area contributed by atoms with Crippen molar-refractivity contribution in [3.8, 4) is 5.75 Å². The van der Waals surface area contributed by atoms with Gasteiger partial charge in [-0.3, -0.25) is 4.98 Å². The molecule has 4 nitrogen and oxygen atoms in total. The van der Waals surface area contributed by atoms with Gasteiger partial charge in [-0.2, -0.15) is 0 Å². The second-order valence-electron chi connectivity index (χ2n) is 7.69. The standard InChI is InChI=1S/C25H27NO3/c1-25(27,20-12-9-13-21(18-20)29-23-15-6-8-17-28-23)24(19-10-3-2-4-11-19)22-14-5-7-16-26-22/h2-5,7,9-14,16,18,23-24,27H,6,8,15,17H2,1H3/t23-,24-,25+/m1/s1. The van der Waals surface area contributed by atoms with Crippen molar-refractivity contribution in [3.63, 3.8) is 0 Å². The summed E-state index contributed by atoms with van der Waals surface area (Å²) >= 11 is 0. The minimum atomic E-state index is -1.18. The first kappa shape index (κ1) is 19.6. The minimum absolute atomic E-state index is 0.218. The summed E-state index contributed by atoms with van der Waals surface area (Å²) in [6.07, 6.45) is 4.63. The second-order valence-corrected chi connectivity index (χ2v) is 7.69. The highest BCUT2D eigenvalue weighted by atomic mass is 16.7. The maximum atomic E-state index is 11.8. The predicted molar refractivity (Wildman–Crippen MR) is 113 cm³/mol. The summed E-state index contributed by atoms with van der Waals surface area (Å²) in [5.41, 5.74) is 1.44. The van der Waals surface area contributed by atoms with Gasteiger partial charge in [0.2, 0.25) is 0 Å². The van der Waals surface area contributed by atoms with Crippen molar-refractivity contribution in [3.05, 3.63) is 95.8 Å². The van der Waals surface area contributed by atoms with E-state index in [2.05, 4.69) is 4.98 Å². The van der Waals surface area contributed by atoms with Crippen molar-refractivity contribution in [2.24, 2.45) is 0 Å². The van der Waals surface area contributed by atoms with Crippen LogP contribution in [0, 0.1) is 0 Å². The molecule has 4 heteroatoms. The van der Waals surface area contributed by atoms with E-state index < -0.39 is 5.60 Å². The Balaban J connectivity index is 1.68. The summed E-state index contributed by atoms with van der Waals surface area (Å²) in [5, 5.41) is 11.8. The van der Waals surface area contributed by atoms with E-state index in [1.54, 1.807) is 6.20 Å². The number of aliphatic hydroxyl groups is 1. The molecule has 3 atom stereocenters. The lowest BCUT2D eigenvalue weighted by atomic mass is 9.76. The molecule has 0 spiro atoms. The molecule has 2 aromatic carbocycles. The van der Waals surface area contributed by atoms with Gasteiger partial charge in [-0.05, 0) is 55.2 Å². The van der Waals surface area contributed by atoms with Crippen molar-refractivity contribution in [2.75, 3.05) is 6.61 Å². The molecule has 1 aliphatic heterocycles. The van der Waals surface area contributed by atoms with Crippen molar-refractivity contribution in [1.82, 2.24) is 4.98 Å². The Kier molecular flexibility index (Phi) is 5.93. The zero-order chi connectivity index (χ0) is 20.1. The maximum absolute atomic E-state index is 11.8. The number of nitrogens with zero attached hydrogens (tertiary/aromatic N) is 1. The van der Waals surface area contributed by atoms with Crippen LogP contribution in [-0.4, -0.2) is 23.0 Å². The third kappa shape index (κ3) is 4.50. The molecule has 0 aliphatic carbocycles. The zero-order valence-corrected chi connectivity index (χ0v) is 16.7. The van der Waals surface area contributed by atoms with Gasteiger partial charge < -0.3 is 14.6 Å². The van der Waals surface area contributed by atoms with E-state index in [9.17, 15) is 5.11 Å². The quantitative estimate of drug-likeness (QED) is 0.643. The first-order valence-electron chi connectivity index (χ1n) is 10.2. The molecule has 0 saturated carbocycles. The number of benzene rings is 2. The molecule has 0 unspecified atom stereocenters. The molecule has 1 aliphatic rings. The van der Waals surface area contributed by atoms with Crippen LogP contribution in [-0.2, 0) is 10.3 Å². The monoisotopic (exact) mass is 389 g/mol. The molecule has 1 N–H and O–H groups in total. The van der Waals surface area contributed by atoms with Gasteiger partial charge >= 0.3 is 0 Å². The van der Waals surface area contributed by atoms with E-state index in [1.807, 2.05) is 79.7 Å². The molecular formula is C25H27NO3. The van der Waals surface area contributed by atoms with Crippen LogP contribution in [0.5, 0.6) is 5.75 Å². The number of pyridine rings is 1. The van der Waals surface area contributed by atoms with E-state index in [0.29, 0.717) is 5.75 Å². The Labute approximate surface area is 172 Å². The van der Waals surface area contributed by atoms with Gasteiger partial charge in [0.1, 0.15) is 5.75 Å². The summed E-state index contributed by atoms with van der Waals surface area (Å²) in [7, 11) is 0. The van der Waals surface area contributed by atoms with Crippen LogP contribution in [0.25, 0.3) is 0 Å². The molecule has 4 rings (SSSR count). The average molecular weight is 389 g/mol. The van der Waals surface area contributed by atoms with E-state index >= 15 is 0 Å². The molecular weight excluding hydrogens is 362 g/mol. The van der Waals surface area contributed by atoms with Crippen LogP contribution in [0.2, 0.25) is 0 Å². The van der Waals surface area contributed by atoms with Crippen molar-refractivity contribution in [1.29, 1.82) is 0 Å². The van der Waals surface area contributed by atoms with Gasteiger partial charge in [0.15, 0.2) is 6.29 Å². The minimum Gasteiger partial charge on any atom is -0.465 e. The van der Waals surface area contributed by atoms with E-state index in [1.165, 1.54) is 0 Å². The van der Waals surface area contributed by atoms with Crippen molar-refractivity contribution in [2.45, 2.75) is 44.0 Å². The highest BCUT2D eigenvalue weighted by molar-refractivity contribution is 5.40. The summed E-state index contributed by atoms with van der Waals surface area (Å²) in [5.74, 6) is 0.397. The first-order chi connectivity index (χ1) is 14.1. The summed E-state index contributed by atoms with van der Waals surface area (Å²) < 4.78 is 11.7. The molecule has 3 aromatic rings. The number of rotatable bonds is 6. The van der Waals surface area contributed by atoms with Crippen molar-refractivity contribution >= 4 is 0 Å². The van der Waals surface area contributed by atoms with Crippen LogP contribution in [0.3, 0.4) is 0 Å². The molecule has 150 valence electrons. The van der Waals surface area contributed by atoms with Crippen LogP contribution >= 0.6 is 0 Å². The zero-order valence-electron chi connectivity index (χ0n) is 16.7. The summed E-state index contributed by atoms with van der Waals surface area (Å²) in [4.78, 5) is 4.55. The molecule has 1 fully saturated rings. The van der Waals surface area contributed by atoms with Gasteiger partial charge in [-0.1, -0.05) is 48.5 Å². The first-order valence-corrected chi connectivity index (χ1v) is 10.2. The van der Waals surface area contributed by atoms with Crippen molar-refractivity contribution < 1.29 is 14.6 Å². The lowest BCUT2D eigenvalue weighted by Gasteiger charge is -2.34. The highest BCUT2D eigenvalue weighted by Gasteiger charge is 2.37. The molecule has 29 heavy (non-hydrogen) atoms. The van der Waals surface area contributed by atoms with Crippen LogP contribution < -0.4 is 4.74 Å². The average Bonchev–Trinajstić information content (AvgIpc) is 2.76. The van der Waals surface area contributed by atoms with Gasteiger partial charge in [0.05, 0.1) is 23.8 Å². The lowest BCUT2D eigenvalue weighted by molar-refractivity contribution is -0.106. The number of aromatic nitrogens is 1. The Morgan fingerprint density at radius 2 is 1.86 bits per heavy atom. The Hall–Kier alpha value is -2.69. The topological polar surface area (TPSA) is 51.6 Å². The van der Waals surface area contributed by atoms with E-state index in [4.69, 9.17) is 9.47 Å². The second kappa shape index (κ2) is 8.76. The van der Waals surface area contributed by atoms with Crippen LogP contribution in [0.1, 0.15) is 48.9 Å². The molecule has 0 radical (unpaired) electrons. The molecule has 1 saturated heterocycles. The molecule has 0 amide bonds. The molecule has 0 bridgehead atoms. The number of ether oxygens (including phenoxy) is 2. The van der Waals surface area contributed by atoms with Crippen LogP contribution in [0.4, 0.5) is 0 Å². The van der Waals surface area contributed by atoms with E-state index in [-0.39, 0.29) is 12.2 Å². The summed E-state index contributed by atoms with van der Waals surface area (Å²) in [6, 6.07) is 23.5. The number of hydrogen-bond acceptors (Lipinski definition) is 4. The largest absolute Gasteiger partial charge is 0.465 e. The normalized spacial score (nSPS) is 19.9. The molecule has 1 aromatic heterocycles. The third-order valence-electron chi connectivity index (χ3n) is 5.50.